The molecule has 26 heavy (non-hydrogen) atoms. The fourth-order valence-electron chi connectivity index (χ4n) is 2.26. The van der Waals surface area contributed by atoms with E-state index in [1.165, 1.54) is 10.7 Å². The Bertz CT molecular complexity index is 917. The number of amides is 1. The molecule has 0 aliphatic rings. The summed E-state index contributed by atoms with van der Waals surface area (Å²) in [6.07, 6.45) is 3.32. The molecule has 0 radical (unpaired) electrons. The second kappa shape index (κ2) is 8.11. The van der Waals surface area contributed by atoms with Crippen molar-refractivity contribution in [3.8, 4) is 11.6 Å². The molecule has 0 aliphatic carbocycles. The highest BCUT2D eigenvalue weighted by Crippen LogP contribution is 2.10. The molecule has 134 valence electrons. The normalized spacial score (nSPS) is 10.5. The highest BCUT2D eigenvalue weighted by atomic mass is 16.5. The van der Waals surface area contributed by atoms with Crippen molar-refractivity contribution in [1.82, 2.24) is 24.9 Å². The van der Waals surface area contributed by atoms with Gasteiger partial charge < -0.3 is 10.1 Å². The number of hydrogen-bond acceptors (Lipinski definition) is 5. The van der Waals surface area contributed by atoms with Crippen molar-refractivity contribution in [2.24, 2.45) is 0 Å². The van der Waals surface area contributed by atoms with Crippen molar-refractivity contribution in [3.05, 3.63) is 70.8 Å². The molecule has 2 heterocycles. The Morgan fingerprint density at radius 3 is 2.73 bits per heavy atom. The lowest BCUT2D eigenvalue weighted by atomic mass is 10.2. The number of carbonyl (C=O) groups is 1. The zero-order valence-corrected chi connectivity index (χ0v) is 14.3. The summed E-state index contributed by atoms with van der Waals surface area (Å²) in [6.45, 7) is 2.50. The van der Waals surface area contributed by atoms with Crippen LogP contribution in [0.1, 0.15) is 5.56 Å². The Labute approximate surface area is 150 Å². The second-order valence-electron chi connectivity index (χ2n) is 5.65. The minimum atomic E-state index is -0.355. The molecule has 0 spiro atoms. The number of aryl methyl sites for hydroxylation is 1. The summed E-state index contributed by atoms with van der Waals surface area (Å²) < 4.78 is 8.16. The van der Waals surface area contributed by atoms with Crippen LogP contribution in [-0.4, -0.2) is 38.6 Å². The standard InChI is InChI=1S/C18H19N5O3/c1-14-3-5-15(6-4-14)26-12-10-19-17(24)13-23-18(25)8-7-16(21-23)22-11-2-9-20-22/h2-9,11H,10,12-13H2,1H3,(H,19,24). The van der Waals surface area contributed by atoms with Gasteiger partial charge in [0.15, 0.2) is 5.82 Å². The van der Waals surface area contributed by atoms with Crippen LogP contribution in [0.4, 0.5) is 0 Å². The van der Waals surface area contributed by atoms with Gasteiger partial charge in [-0.2, -0.15) is 5.10 Å². The highest BCUT2D eigenvalue weighted by molar-refractivity contribution is 5.75. The van der Waals surface area contributed by atoms with Crippen molar-refractivity contribution >= 4 is 5.91 Å². The zero-order valence-electron chi connectivity index (χ0n) is 14.3. The molecule has 0 bridgehead atoms. The highest BCUT2D eigenvalue weighted by Gasteiger charge is 2.07. The van der Waals surface area contributed by atoms with E-state index in [1.807, 2.05) is 31.2 Å². The van der Waals surface area contributed by atoms with Gasteiger partial charge in [0.1, 0.15) is 18.9 Å². The molecule has 0 atom stereocenters. The van der Waals surface area contributed by atoms with Crippen molar-refractivity contribution in [1.29, 1.82) is 0 Å². The Morgan fingerprint density at radius 1 is 1.19 bits per heavy atom. The minimum absolute atomic E-state index is 0.168. The molecule has 0 saturated carbocycles. The summed E-state index contributed by atoms with van der Waals surface area (Å²) in [5.41, 5.74) is 0.799. The molecule has 3 rings (SSSR count). The Kier molecular flexibility index (Phi) is 5.43. The van der Waals surface area contributed by atoms with Crippen LogP contribution in [0, 0.1) is 6.92 Å². The van der Waals surface area contributed by atoms with Gasteiger partial charge in [0.25, 0.3) is 5.56 Å². The maximum Gasteiger partial charge on any atom is 0.267 e. The number of benzene rings is 1. The fourth-order valence-corrected chi connectivity index (χ4v) is 2.26. The third kappa shape index (κ3) is 4.56. The van der Waals surface area contributed by atoms with Crippen LogP contribution in [0.5, 0.6) is 5.75 Å². The zero-order chi connectivity index (χ0) is 18.4. The summed E-state index contributed by atoms with van der Waals surface area (Å²) in [5.74, 6) is 0.893. The maximum absolute atomic E-state index is 12.0. The van der Waals surface area contributed by atoms with Gasteiger partial charge in [0.2, 0.25) is 5.91 Å². The topological polar surface area (TPSA) is 91.0 Å². The number of nitrogens with one attached hydrogen (secondary N) is 1. The van der Waals surface area contributed by atoms with Crippen molar-refractivity contribution < 1.29 is 9.53 Å². The first-order chi connectivity index (χ1) is 12.6. The van der Waals surface area contributed by atoms with Gasteiger partial charge in [0.05, 0.1) is 6.54 Å². The number of hydrogen-bond donors (Lipinski definition) is 1. The summed E-state index contributed by atoms with van der Waals surface area (Å²) in [4.78, 5) is 23.9. The summed E-state index contributed by atoms with van der Waals surface area (Å²) in [7, 11) is 0. The SMILES string of the molecule is Cc1ccc(OCCNC(=O)Cn2nc(-n3cccn3)ccc2=O)cc1. The van der Waals surface area contributed by atoms with Gasteiger partial charge in [-0.05, 0) is 31.2 Å². The predicted molar refractivity (Wildman–Crippen MR) is 95.3 cm³/mol. The molecule has 0 unspecified atom stereocenters. The molecular formula is C18H19N5O3. The van der Waals surface area contributed by atoms with E-state index in [2.05, 4.69) is 15.5 Å². The van der Waals surface area contributed by atoms with Gasteiger partial charge in [-0.3, -0.25) is 9.59 Å². The van der Waals surface area contributed by atoms with E-state index in [-0.39, 0.29) is 18.0 Å². The third-order valence-electron chi connectivity index (χ3n) is 3.60. The maximum atomic E-state index is 12.0. The summed E-state index contributed by atoms with van der Waals surface area (Å²) in [6, 6.07) is 12.3. The predicted octanol–water partition coefficient (Wildman–Crippen LogP) is 0.933. The van der Waals surface area contributed by atoms with Gasteiger partial charge in [-0.25, -0.2) is 9.36 Å². The summed E-state index contributed by atoms with van der Waals surface area (Å²) >= 11 is 0. The first-order valence-corrected chi connectivity index (χ1v) is 8.16. The van der Waals surface area contributed by atoms with Gasteiger partial charge in [-0.15, -0.1) is 5.10 Å². The second-order valence-corrected chi connectivity index (χ2v) is 5.65. The Morgan fingerprint density at radius 2 is 2.00 bits per heavy atom. The van der Waals surface area contributed by atoms with E-state index in [0.29, 0.717) is 19.0 Å². The Balaban J connectivity index is 1.51. The van der Waals surface area contributed by atoms with Crippen LogP contribution in [0.15, 0.2) is 59.7 Å². The van der Waals surface area contributed by atoms with Crippen LogP contribution >= 0.6 is 0 Å². The minimum Gasteiger partial charge on any atom is -0.492 e. The van der Waals surface area contributed by atoms with E-state index in [0.717, 1.165) is 16.0 Å². The third-order valence-corrected chi connectivity index (χ3v) is 3.60. The smallest absolute Gasteiger partial charge is 0.267 e. The lowest BCUT2D eigenvalue weighted by Crippen LogP contribution is -2.35. The van der Waals surface area contributed by atoms with E-state index in [9.17, 15) is 9.59 Å². The first kappa shape index (κ1) is 17.4. The molecule has 1 N–H and O–H groups in total. The quantitative estimate of drug-likeness (QED) is 0.638. The molecule has 8 nitrogen and oxygen atoms in total. The van der Waals surface area contributed by atoms with Crippen molar-refractivity contribution in [2.45, 2.75) is 13.5 Å². The van der Waals surface area contributed by atoms with E-state index >= 15 is 0 Å². The van der Waals surface area contributed by atoms with Crippen LogP contribution in [0.3, 0.4) is 0 Å². The summed E-state index contributed by atoms with van der Waals surface area (Å²) in [5, 5.41) is 10.9. The molecule has 0 fully saturated rings. The van der Waals surface area contributed by atoms with Gasteiger partial charge in [0, 0.05) is 18.5 Å². The first-order valence-electron chi connectivity index (χ1n) is 8.16. The number of ether oxygens (including phenoxy) is 1. The molecule has 1 amide bonds. The molecule has 0 saturated heterocycles. The van der Waals surface area contributed by atoms with Crippen LogP contribution in [0.2, 0.25) is 0 Å². The largest absolute Gasteiger partial charge is 0.492 e. The molecule has 8 heteroatoms. The monoisotopic (exact) mass is 353 g/mol. The number of carbonyl (C=O) groups excluding carboxylic acids is 1. The van der Waals surface area contributed by atoms with E-state index < -0.39 is 0 Å². The fraction of sp³-hybridized carbons (Fsp3) is 0.222. The van der Waals surface area contributed by atoms with Gasteiger partial charge in [-0.1, -0.05) is 17.7 Å². The average Bonchev–Trinajstić information content (AvgIpc) is 3.17. The number of aromatic nitrogens is 4. The molecule has 3 aromatic rings. The van der Waals surface area contributed by atoms with Crippen LogP contribution in [0.25, 0.3) is 5.82 Å². The molecule has 1 aromatic carbocycles. The number of nitrogens with zero attached hydrogens (tertiary/aromatic N) is 4. The average molecular weight is 353 g/mol. The Hall–Kier alpha value is -3.42. The van der Waals surface area contributed by atoms with Crippen molar-refractivity contribution in [3.63, 3.8) is 0 Å². The van der Waals surface area contributed by atoms with Crippen LogP contribution < -0.4 is 15.6 Å². The molecule has 2 aromatic heterocycles. The van der Waals surface area contributed by atoms with E-state index in [1.54, 1.807) is 24.5 Å². The molecule has 0 aliphatic heterocycles. The van der Waals surface area contributed by atoms with Gasteiger partial charge >= 0.3 is 0 Å². The lowest BCUT2D eigenvalue weighted by Gasteiger charge is -2.09. The van der Waals surface area contributed by atoms with Crippen molar-refractivity contribution in [2.75, 3.05) is 13.2 Å². The van der Waals surface area contributed by atoms with Crippen LogP contribution in [-0.2, 0) is 11.3 Å². The molecular weight excluding hydrogens is 334 g/mol. The van der Waals surface area contributed by atoms with E-state index in [4.69, 9.17) is 4.74 Å². The lowest BCUT2D eigenvalue weighted by molar-refractivity contribution is -0.122. The number of rotatable bonds is 7.